The van der Waals surface area contributed by atoms with Crippen LogP contribution in [-0.2, 0) is 16.1 Å². The molecular weight excluding hydrogens is 350 g/mol. The van der Waals surface area contributed by atoms with Crippen molar-refractivity contribution in [3.8, 4) is 17.0 Å². The molecule has 0 unspecified atom stereocenters. The van der Waals surface area contributed by atoms with Gasteiger partial charge in [-0.2, -0.15) is 5.10 Å². The van der Waals surface area contributed by atoms with Gasteiger partial charge in [-0.25, -0.2) is 9.48 Å². The summed E-state index contributed by atoms with van der Waals surface area (Å²) in [6, 6.07) is 9.00. The second-order valence-electron chi connectivity index (χ2n) is 6.53. The number of nitrogens with one attached hydrogen (secondary N) is 1. The van der Waals surface area contributed by atoms with Crippen molar-refractivity contribution < 1.29 is 19.4 Å². The molecule has 2 aromatic rings. The number of rotatable bonds is 8. The Kier molecular flexibility index (Phi) is 6.70. The third-order valence-electron chi connectivity index (χ3n) is 3.89. The summed E-state index contributed by atoms with van der Waals surface area (Å²) >= 11 is 0. The first-order valence-electron chi connectivity index (χ1n) is 8.55. The monoisotopic (exact) mass is 373 g/mol. The molecule has 1 heterocycles. The maximum absolute atomic E-state index is 12.2. The molecular formula is C19H23N3O5. The van der Waals surface area contributed by atoms with Gasteiger partial charge in [-0.15, -0.1) is 0 Å². The van der Waals surface area contributed by atoms with Gasteiger partial charge in [0.25, 0.3) is 5.56 Å². The highest BCUT2D eigenvalue weighted by Gasteiger charge is 2.21. The van der Waals surface area contributed by atoms with Crippen LogP contribution in [0.4, 0.5) is 0 Å². The summed E-state index contributed by atoms with van der Waals surface area (Å²) in [7, 11) is 1.57. The number of carbonyl (C=O) groups excluding carboxylic acids is 1. The lowest BCUT2D eigenvalue weighted by molar-refractivity contribution is -0.142. The molecule has 2 N–H and O–H groups in total. The van der Waals surface area contributed by atoms with E-state index in [1.54, 1.807) is 37.4 Å². The van der Waals surface area contributed by atoms with Crippen molar-refractivity contribution in [1.29, 1.82) is 0 Å². The fourth-order valence-electron chi connectivity index (χ4n) is 2.55. The number of aliphatic carboxylic acids is 1. The van der Waals surface area contributed by atoms with Crippen molar-refractivity contribution in [2.45, 2.75) is 32.9 Å². The number of ether oxygens (including phenoxy) is 1. The Balaban J connectivity index is 2.16. The van der Waals surface area contributed by atoms with E-state index in [-0.39, 0.29) is 12.5 Å². The lowest BCUT2D eigenvalue weighted by atomic mass is 10.0. The fraction of sp³-hybridized carbons (Fsp3) is 0.368. The lowest BCUT2D eigenvalue weighted by Crippen LogP contribution is -2.44. The molecule has 8 nitrogen and oxygen atoms in total. The van der Waals surface area contributed by atoms with Crippen LogP contribution in [-0.4, -0.2) is 39.9 Å². The molecule has 1 atom stereocenters. The number of carboxylic acid groups (broad SMARTS) is 1. The van der Waals surface area contributed by atoms with Gasteiger partial charge in [0.05, 0.1) is 12.8 Å². The number of hydrogen-bond donors (Lipinski definition) is 2. The number of carboxylic acids is 1. The van der Waals surface area contributed by atoms with Crippen molar-refractivity contribution >= 4 is 11.9 Å². The van der Waals surface area contributed by atoms with Crippen molar-refractivity contribution in [3.63, 3.8) is 0 Å². The minimum absolute atomic E-state index is 0.102. The predicted octanol–water partition coefficient (Wildman–Crippen LogP) is 1.53. The number of benzene rings is 1. The van der Waals surface area contributed by atoms with E-state index in [1.165, 1.54) is 6.07 Å². The largest absolute Gasteiger partial charge is 0.497 e. The van der Waals surface area contributed by atoms with Crippen LogP contribution >= 0.6 is 0 Å². The Morgan fingerprint density at radius 2 is 1.85 bits per heavy atom. The molecule has 0 saturated carbocycles. The average molecular weight is 373 g/mol. The molecule has 0 fully saturated rings. The number of amides is 1. The van der Waals surface area contributed by atoms with Gasteiger partial charge in [-0.3, -0.25) is 9.59 Å². The van der Waals surface area contributed by atoms with Crippen LogP contribution < -0.4 is 15.6 Å². The van der Waals surface area contributed by atoms with Crippen LogP contribution in [0.2, 0.25) is 0 Å². The molecule has 144 valence electrons. The third-order valence-corrected chi connectivity index (χ3v) is 3.89. The zero-order valence-electron chi connectivity index (χ0n) is 15.5. The van der Waals surface area contributed by atoms with Crippen molar-refractivity contribution in [2.75, 3.05) is 7.11 Å². The maximum Gasteiger partial charge on any atom is 0.326 e. The normalized spacial score (nSPS) is 11.9. The Bertz CT molecular complexity index is 858. The Hall–Kier alpha value is -3.16. The summed E-state index contributed by atoms with van der Waals surface area (Å²) in [5.41, 5.74) is 0.827. The van der Waals surface area contributed by atoms with Crippen LogP contribution in [0, 0.1) is 5.92 Å². The first-order chi connectivity index (χ1) is 12.8. The summed E-state index contributed by atoms with van der Waals surface area (Å²) < 4.78 is 6.12. The molecule has 0 aliphatic heterocycles. The summed E-state index contributed by atoms with van der Waals surface area (Å²) in [6.07, 6.45) is 0.301. The minimum atomic E-state index is -1.11. The topological polar surface area (TPSA) is 111 Å². The molecule has 0 aliphatic carbocycles. The second-order valence-corrected chi connectivity index (χ2v) is 6.53. The highest BCUT2D eigenvalue weighted by molar-refractivity contribution is 5.83. The van der Waals surface area contributed by atoms with Crippen LogP contribution in [0.1, 0.15) is 20.3 Å². The van der Waals surface area contributed by atoms with Crippen LogP contribution in [0.25, 0.3) is 11.3 Å². The van der Waals surface area contributed by atoms with Crippen molar-refractivity contribution in [1.82, 2.24) is 15.1 Å². The standard InChI is InChI=1S/C19H23N3O5/c1-12(2)10-16(19(25)26)20-17(23)11-22-18(24)9-8-15(21-22)13-4-6-14(27-3)7-5-13/h4-9,12,16H,10-11H2,1-3H3,(H,20,23)(H,25,26)/t16-/m1/s1. The average Bonchev–Trinajstić information content (AvgIpc) is 2.62. The van der Waals surface area contributed by atoms with Crippen molar-refractivity contribution in [3.05, 3.63) is 46.8 Å². The van der Waals surface area contributed by atoms with Gasteiger partial charge in [0, 0.05) is 11.6 Å². The molecule has 0 spiro atoms. The number of nitrogens with zero attached hydrogens (tertiary/aromatic N) is 2. The van der Waals surface area contributed by atoms with Crippen molar-refractivity contribution in [2.24, 2.45) is 5.92 Å². The van der Waals surface area contributed by atoms with E-state index >= 15 is 0 Å². The van der Waals surface area contributed by atoms with Crippen LogP contribution in [0.5, 0.6) is 5.75 Å². The quantitative estimate of drug-likeness (QED) is 0.726. The van der Waals surface area contributed by atoms with Gasteiger partial charge in [-0.1, -0.05) is 13.8 Å². The molecule has 0 bridgehead atoms. The van der Waals surface area contributed by atoms with E-state index in [1.807, 2.05) is 13.8 Å². The summed E-state index contributed by atoms with van der Waals surface area (Å²) in [6.45, 7) is 3.38. The molecule has 0 saturated heterocycles. The zero-order valence-corrected chi connectivity index (χ0v) is 15.5. The van der Waals surface area contributed by atoms with Crippen LogP contribution in [0.3, 0.4) is 0 Å². The molecule has 1 aromatic heterocycles. The fourth-order valence-corrected chi connectivity index (χ4v) is 2.55. The number of methoxy groups -OCH3 is 1. The second kappa shape index (κ2) is 8.98. The van der Waals surface area contributed by atoms with Gasteiger partial charge in [-0.05, 0) is 42.7 Å². The van der Waals surface area contributed by atoms with E-state index in [2.05, 4.69) is 10.4 Å². The first kappa shape index (κ1) is 20.2. The number of carbonyl (C=O) groups is 2. The summed E-state index contributed by atoms with van der Waals surface area (Å²) in [5, 5.41) is 15.9. The van der Waals surface area contributed by atoms with Gasteiger partial charge in [0.15, 0.2) is 0 Å². The molecule has 2 rings (SSSR count). The predicted molar refractivity (Wildman–Crippen MR) is 99.5 cm³/mol. The molecule has 1 amide bonds. The van der Waals surface area contributed by atoms with Crippen LogP contribution in [0.15, 0.2) is 41.2 Å². The Morgan fingerprint density at radius 1 is 1.19 bits per heavy atom. The molecule has 8 heteroatoms. The maximum atomic E-state index is 12.2. The van der Waals surface area contributed by atoms with Gasteiger partial charge < -0.3 is 15.2 Å². The molecule has 0 aliphatic rings. The van der Waals surface area contributed by atoms with E-state index < -0.39 is 23.5 Å². The Morgan fingerprint density at radius 3 is 2.41 bits per heavy atom. The molecule has 0 radical (unpaired) electrons. The zero-order chi connectivity index (χ0) is 20.0. The van der Waals surface area contributed by atoms with Gasteiger partial charge in [0.2, 0.25) is 5.91 Å². The molecule has 27 heavy (non-hydrogen) atoms. The minimum Gasteiger partial charge on any atom is -0.497 e. The highest BCUT2D eigenvalue weighted by atomic mass is 16.5. The lowest BCUT2D eigenvalue weighted by Gasteiger charge is -2.16. The number of hydrogen-bond acceptors (Lipinski definition) is 5. The SMILES string of the molecule is COc1ccc(-c2ccc(=O)n(CC(=O)N[C@H](CC(C)C)C(=O)O)n2)cc1. The summed E-state index contributed by atoms with van der Waals surface area (Å²) in [4.78, 5) is 35.5. The van der Waals surface area contributed by atoms with E-state index in [0.717, 1.165) is 10.2 Å². The highest BCUT2D eigenvalue weighted by Crippen LogP contribution is 2.19. The smallest absolute Gasteiger partial charge is 0.326 e. The third kappa shape index (κ3) is 5.67. The van der Waals surface area contributed by atoms with E-state index in [0.29, 0.717) is 17.9 Å². The van der Waals surface area contributed by atoms with Gasteiger partial charge in [0.1, 0.15) is 18.3 Å². The van der Waals surface area contributed by atoms with E-state index in [4.69, 9.17) is 4.74 Å². The Labute approximate surface area is 156 Å². The first-order valence-corrected chi connectivity index (χ1v) is 8.55. The summed E-state index contributed by atoms with van der Waals surface area (Å²) in [5.74, 6) is -0.893. The number of aromatic nitrogens is 2. The van der Waals surface area contributed by atoms with Gasteiger partial charge >= 0.3 is 5.97 Å². The molecule has 1 aromatic carbocycles. The van der Waals surface area contributed by atoms with E-state index in [9.17, 15) is 19.5 Å².